The van der Waals surface area contributed by atoms with Gasteiger partial charge in [-0.3, -0.25) is 15.0 Å². The number of ether oxygens (including phenoxy) is 2. The molecule has 4 aliphatic rings. The number of nitrogens with zero attached hydrogens (tertiary/aromatic N) is 4. The molecular weight excluding hydrogens is 438 g/mol. The van der Waals surface area contributed by atoms with Crippen molar-refractivity contribution in [3.05, 3.63) is 0 Å². The Morgan fingerprint density at radius 3 is 2.47 bits per heavy atom. The summed E-state index contributed by atoms with van der Waals surface area (Å²) in [7, 11) is 0. The van der Waals surface area contributed by atoms with Gasteiger partial charge in [-0.05, 0) is 51.9 Å². The Hall–Kier alpha value is -1.91. The second-order valence-corrected chi connectivity index (χ2v) is 10.6. The lowest BCUT2D eigenvalue weighted by Crippen LogP contribution is -2.67. The molecule has 3 aliphatic heterocycles. The van der Waals surface area contributed by atoms with Crippen molar-refractivity contribution in [3.63, 3.8) is 0 Å². The predicted molar refractivity (Wildman–Crippen MR) is 126 cm³/mol. The zero-order valence-electron chi connectivity index (χ0n) is 21.1. The lowest BCUT2D eigenvalue weighted by Gasteiger charge is -2.54. The van der Waals surface area contributed by atoms with E-state index in [9.17, 15) is 14.4 Å². The first-order valence-electron chi connectivity index (χ1n) is 12.8. The number of fused-ring (bicyclic) bond motifs is 1. The van der Waals surface area contributed by atoms with Crippen LogP contribution in [0, 0.1) is 11.8 Å². The van der Waals surface area contributed by atoms with Crippen LogP contribution in [-0.2, 0) is 19.1 Å². The third kappa shape index (κ3) is 5.49. The quantitative estimate of drug-likeness (QED) is 0.641. The molecule has 0 spiro atoms. The van der Waals surface area contributed by atoms with Crippen LogP contribution in [-0.4, -0.2) is 114 Å². The van der Waals surface area contributed by atoms with E-state index in [1.165, 1.54) is 0 Å². The molecule has 1 aliphatic carbocycles. The lowest BCUT2D eigenvalue weighted by molar-refractivity contribution is -0.142. The van der Waals surface area contributed by atoms with Crippen LogP contribution in [0.15, 0.2) is 0 Å². The van der Waals surface area contributed by atoms with Gasteiger partial charge in [-0.2, -0.15) is 0 Å². The van der Waals surface area contributed by atoms with Gasteiger partial charge in [-0.1, -0.05) is 0 Å². The van der Waals surface area contributed by atoms with Crippen LogP contribution in [0.2, 0.25) is 0 Å². The van der Waals surface area contributed by atoms with Crippen molar-refractivity contribution in [2.45, 2.75) is 71.2 Å². The van der Waals surface area contributed by atoms with Gasteiger partial charge in [-0.15, -0.1) is 0 Å². The van der Waals surface area contributed by atoms with Crippen LogP contribution in [0.3, 0.4) is 0 Å². The van der Waals surface area contributed by atoms with Crippen LogP contribution in [0.25, 0.3) is 0 Å². The number of morpholine rings is 1. The Kier molecular flexibility index (Phi) is 7.99. The van der Waals surface area contributed by atoms with Gasteiger partial charge in [0.15, 0.2) is 0 Å². The van der Waals surface area contributed by atoms with E-state index in [4.69, 9.17) is 9.47 Å². The first kappa shape index (κ1) is 25.2. The van der Waals surface area contributed by atoms with Gasteiger partial charge in [0.2, 0.25) is 11.8 Å². The summed E-state index contributed by atoms with van der Waals surface area (Å²) < 4.78 is 10.9. The van der Waals surface area contributed by atoms with Crippen molar-refractivity contribution >= 4 is 17.9 Å². The van der Waals surface area contributed by atoms with E-state index >= 15 is 0 Å². The van der Waals surface area contributed by atoms with Crippen molar-refractivity contribution in [2.24, 2.45) is 11.8 Å². The minimum Gasteiger partial charge on any atom is -0.447 e. The van der Waals surface area contributed by atoms with E-state index in [2.05, 4.69) is 5.43 Å². The first-order valence-corrected chi connectivity index (χ1v) is 12.8. The highest BCUT2D eigenvalue weighted by Gasteiger charge is 2.48. The molecule has 10 nitrogen and oxygen atoms in total. The maximum atomic E-state index is 13.0. The fourth-order valence-electron chi connectivity index (χ4n) is 6.28. The van der Waals surface area contributed by atoms with Gasteiger partial charge in [0, 0.05) is 45.7 Å². The second kappa shape index (κ2) is 10.8. The summed E-state index contributed by atoms with van der Waals surface area (Å²) >= 11 is 0. The highest BCUT2D eigenvalue weighted by Crippen LogP contribution is 2.39. The Labute approximate surface area is 202 Å². The van der Waals surface area contributed by atoms with Gasteiger partial charge in [0.25, 0.3) is 0 Å². The number of rotatable bonds is 4. The van der Waals surface area contributed by atoms with Gasteiger partial charge < -0.3 is 24.2 Å². The molecule has 4 fully saturated rings. The summed E-state index contributed by atoms with van der Waals surface area (Å²) in [5.41, 5.74) is 3.42. The SMILES string of the molecule is CC(=O)N1C2CCC(C3CNN(CC(=O)N4CCOCC4)C3)CC2N(C(=O)OC(C)C)C[C@@H]1C. The Morgan fingerprint density at radius 2 is 1.79 bits per heavy atom. The van der Waals surface area contributed by atoms with Crippen molar-refractivity contribution in [1.82, 2.24) is 25.1 Å². The molecule has 4 rings (SSSR count). The summed E-state index contributed by atoms with van der Waals surface area (Å²) in [6.45, 7) is 12.5. The number of piperazine rings is 1. The molecule has 4 unspecified atom stereocenters. The van der Waals surface area contributed by atoms with Crippen LogP contribution in [0.5, 0.6) is 0 Å². The summed E-state index contributed by atoms with van der Waals surface area (Å²) in [6.07, 6.45) is 2.30. The number of carbonyl (C=O) groups is 3. The van der Waals surface area contributed by atoms with Crippen LogP contribution in [0.1, 0.15) is 47.0 Å². The molecule has 0 bridgehead atoms. The van der Waals surface area contributed by atoms with Gasteiger partial charge >= 0.3 is 6.09 Å². The fourth-order valence-corrected chi connectivity index (χ4v) is 6.28. The largest absolute Gasteiger partial charge is 0.447 e. The molecule has 5 atom stereocenters. The first-order chi connectivity index (χ1) is 16.2. The van der Waals surface area contributed by atoms with Crippen molar-refractivity contribution in [3.8, 4) is 0 Å². The number of hydrogen-bond acceptors (Lipinski definition) is 7. The van der Waals surface area contributed by atoms with Crippen molar-refractivity contribution < 1.29 is 23.9 Å². The summed E-state index contributed by atoms with van der Waals surface area (Å²) in [5.74, 6) is 1.05. The third-order valence-corrected chi connectivity index (χ3v) is 7.84. The van der Waals surface area contributed by atoms with E-state index in [-0.39, 0.29) is 42.1 Å². The lowest BCUT2D eigenvalue weighted by atomic mass is 9.73. The molecule has 3 amide bonds. The second-order valence-electron chi connectivity index (χ2n) is 10.6. The number of carbonyl (C=O) groups excluding carboxylic acids is 3. The van der Waals surface area contributed by atoms with Crippen LogP contribution in [0.4, 0.5) is 4.79 Å². The smallest absolute Gasteiger partial charge is 0.410 e. The predicted octanol–water partition coefficient (Wildman–Crippen LogP) is 0.917. The summed E-state index contributed by atoms with van der Waals surface area (Å²) in [5, 5.41) is 2.05. The zero-order valence-corrected chi connectivity index (χ0v) is 21.1. The average Bonchev–Trinajstić information content (AvgIpc) is 3.26. The fraction of sp³-hybridized carbons (Fsp3) is 0.875. The minimum atomic E-state index is -0.275. The zero-order chi connectivity index (χ0) is 24.4. The molecule has 0 aromatic carbocycles. The topological polar surface area (TPSA) is 94.7 Å². The molecular formula is C24H41N5O5. The normalized spacial score (nSPS) is 32.6. The molecule has 3 heterocycles. The summed E-state index contributed by atoms with van der Waals surface area (Å²) in [4.78, 5) is 43.8. The molecule has 34 heavy (non-hydrogen) atoms. The molecule has 10 heteroatoms. The number of amides is 3. The molecule has 3 saturated heterocycles. The number of hydrogen-bond donors (Lipinski definition) is 1. The van der Waals surface area contributed by atoms with Crippen LogP contribution >= 0.6 is 0 Å². The van der Waals surface area contributed by atoms with E-state index in [1.807, 2.05) is 40.5 Å². The van der Waals surface area contributed by atoms with Gasteiger partial charge in [0.05, 0.1) is 37.9 Å². The van der Waals surface area contributed by atoms with Gasteiger partial charge in [-0.25, -0.2) is 9.80 Å². The third-order valence-electron chi connectivity index (χ3n) is 7.84. The van der Waals surface area contributed by atoms with Crippen molar-refractivity contribution in [1.29, 1.82) is 0 Å². The van der Waals surface area contributed by atoms with Crippen molar-refractivity contribution in [2.75, 3.05) is 52.5 Å². The maximum absolute atomic E-state index is 13.0. The summed E-state index contributed by atoms with van der Waals surface area (Å²) in [6, 6.07) is -0.0236. The van der Waals surface area contributed by atoms with Gasteiger partial charge in [0.1, 0.15) is 0 Å². The highest BCUT2D eigenvalue weighted by atomic mass is 16.6. The Bertz CT molecular complexity index is 758. The van der Waals surface area contributed by atoms with E-state index in [0.29, 0.717) is 51.2 Å². The molecule has 0 aromatic heterocycles. The number of nitrogens with one attached hydrogen (secondary N) is 1. The molecule has 1 N–H and O–H groups in total. The standard InChI is InChI=1S/C24H41N5O5/c1-16(2)34-24(32)28-13-17(3)29(18(4)30)21-6-5-19(11-22(21)28)20-12-25-27(14-20)15-23(31)26-7-9-33-10-8-26/h16-17,19-22,25H,5-15H2,1-4H3/t17-,19?,20?,21?,22?/m0/s1. The van der Waals surface area contributed by atoms with E-state index in [1.54, 1.807) is 6.92 Å². The minimum absolute atomic E-state index is 0.0233. The highest BCUT2D eigenvalue weighted by molar-refractivity contribution is 5.78. The average molecular weight is 480 g/mol. The molecule has 192 valence electrons. The van der Waals surface area contributed by atoms with Crippen LogP contribution < -0.4 is 5.43 Å². The molecule has 1 saturated carbocycles. The molecule has 0 radical (unpaired) electrons. The monoisotopic (exact) mass is 479 g/mol. The number of hydrazine groups is 1. The van der Waals surface area contributed by atoms with E-state index < -0.39 is 0 Å². The van der Waals surface area contributed by atoms with E-state index in [0.717, 1.165) is 32.4 Å². The Balaban J connectivity index is 1.39. The Morgan fingerprint density at radius 1 is 1.06 bits per heavy atom. The molecule has 0 aromatic rings. The maximum Gasteiger partial charge on any atom is 0.410 e.